The van der Waals surface area contributed by atoms with Crippen LogP contribution in [0.5, 0.6) is 0 Å². The normalized spacial score (nSPS) is 33.0. The van der Waals surface area contributed by atoms with E-state index in [-0.39, 0.29) is 11.6 Å². The van der Waals surface area contributed by atoms with Crippen LogP contribution in [-0.4, -0.2) is 36.8 Å². The minimum absolute atomic E-state index is 0.254. The number of hydrogen-bond donors (Lipinski definition) is 2. The first-order valence-corrected chi connectivity index (χ1v) is 14.6. The molecular weight excluding hydrogens is 364 g/mol. The van der Waals surface area contributed by atoms with Crippen molar-refractivity contribution >= 4 is 8.32 Å². The van der Waals surface area contributed by atoms with Crippen LogP contribution in [0.1, 0.15) is 92.9 Å². The number of aliphatic hydroxyl groups is 2. The number of rotatable bonds is 8. The Morgan fingerprint density at radius 3 is 2.29 bits per heavy atom. The van der Waals surface area contributed by atoms with Crippen LogP contribution < -0.4 is 0 Å². The van der Waals surface area contributed by atoms with Crippen molar-refractivity contribution < 1.29 is 14.6 Å². The summed E-state index contributed by atoms with van der Waals surface area (Å²) in [6.45, 7) is 18.3. The molecule has 0 heterocycles. The summed E-state index contributed by atoms with van der Waals surface area (Å²) in [5.74, 6) is 1.60. The zero-order chi connectivity index (χ0) is 21.4. The summed E-state index contributed by atoms with van der Waals surface area (Å²) >= 11 is 0. The highest BCUT2D eigenvalue weighted by molar-refractivity contribution is 6.74. The van der Waals surface area contributed by atoms with Crippen molar-refractivity contribution in [3.05, 3.63) is 0 Å². The third kappa shape index (κ3) is 5.41. The highest BCUT2D eigenvalue weighted by Gasteiger charge is 2.54. The van der Waals surface area contributed by atoms with Gasteiger partial charge in [0.05, 0.1) is 5.60 Å². The molecule has 2 N–H and O–H groups in total. The molecule has 0 amide bonds. The Kier molecular flexibility index (Phi) is 7.56. The van der Waals surface area contributed by atoms with E-state index in [4.69, 9.17) is 4.43 Å². The molecule has 0 saturated heterocycles. The van der Waals surface area contributed by atoms with Crippen molar-refractivity contribution in [2.45, 2.75) is 123 Å². The van der Waals surface area contributed by atoms with E-state index in [0.717, 1.165) is 19.3 Å². The molecule has 2 aliphatic rings. The third-order valence-electron chi connectivity index (χ3n) is 8.55. The molecule has 28 heavy (non-hydrogen) atoms. The summed E-state index contributed by atoms with van der Waals surface area (Å²) in [7, 11) is -1.76. The molecule has 0 aliphatic heterocycles. The van der Waals surface area contributed by atoms with Gasteiger partial charge in [0, 0.05) is 12.7 Å². The van der Waals surface area contributed by atoms with E-state index in [1.165, 1.54) is 32.1 Å². The molecular formula is C24H48O3Si. The van der Waals surface area contributed by atoms with E-state index in [9.17, 15) is 10.2 Å². The maximum Gasteiger partial charge on any atom is 0.192 e. The lowest BCUT2D eigenvalue weighted by molar-refractivity contribution is -0.0309. The predicted octanol–water partition coefficient (Wildman–Crippen LogP) is 6.14. The molecule has 0 aromatic rings. The second-order valence-corrected chi connectivity index (χ2v) is 17.0. The van der Waals surface area contributed by atoms with Crippen LogP contribution in [0, 0.1) is 23.2 Å². The SMILES string of the molecule is CC(C)(O)CCCC(CO)[C@H]1CC[C@H]2[C@@H](O[Si](C)(C)C(C)(C)C)CCC[C@]12C. The summed E-state index contributed by atoms with van der Waals surface area (Å²) in [6.07, 6.45) is 9.47. The minimum atomic E-state index is -1.76. The van der Waals surface area contributed by atoms with Crippen molar-refractivity contribution in [3.8, 4) is 0 Å². The standard InChI is InChI=1S/C24H48O3Si/c1-22(2,3)28(7,8)27-21-12-10-16-24(6)19(13-14-20(21)24)18(17-25)11-9-15-23(4,5)26/h18-21,25-26H,9-17H2,1-8H3/t18?,19-,20+,21+,24-/m1/s1. The summed E-state index contributed by atoms with van der Waals surface area (Å²) in [4.78, 5) is 0. The maximum atomic E-state index is 10.2. The van der Waals surface area contributed by atoms with Gasteiger partial charge in [-0.05, 0) is 93.7 Å². The van der Waals surface area contributed by atoms with Gasteiger partial charge in [-0.2, -0.15) is 0 Å². The molecule has 3 nitrogen and oxygen atoms in total. The molecule has 0 aromatic heterocycles. The van der Waals surface area contributed by atoms with Crippen molar-refractivity contribution in [1.29, 1.82) is 0 Å². The monoisotopic (exact) mass is 412 g/mol. The van der Waals surface area contributed by atoms with Crippen LogP contribution in [0.2, 0.25) is 18.1 Å². The van der Waals surface area contributed by atoms with Gasteiger partial charge in [0.25, 0.3) is 0 Å². The van der Waals surface area contributed by atoms with Crippen LogP contribution in [0.15, 0.2) is 0 Å². The van der Waals surface area contributed by atoms with Crippen molar-refractivity contribution in [1.82, 2.24) is 0 Å². The van der Waals surface area contributed by atoms with E-state index < -0.39 is 13.9 Å². The molecule has 0 spiro atoms. The number of aliphatic hydroxyl groups excluding tert-OH is 1. The Bertz CT molecular complexity index is 505. The Morgan fingerprint density at radius 1 is 1.11 bits per heavy atom. The largest absolute Gasteiger partial charge is 0.414 e. The Labute approximate surface area is 175 Å². The molecule has 0 bridgehead atoms. The Hall–Kier alpha value is 0.0969. The fourth-order valence-corrected chi connectivity index (χ4v) is 7.24. The van der Waals surface area contributed by atoms with Crippen LogP contribution in [0.4, 0.5) is 0 Å². The van der Waals surface area contributed by atoms with Crippen molar-refractivity contribution in [2.75, 3.05) is 6.61 Å². The van der Waals surface area contributed by atoms with Crippen molar-refractivity contribution in [3.63, 3.8) is 0 Å². The summed E-state index contributed by atoms with van der Waals surface area (Å²) in [5, 5.41) is 20.5. The lowest BCUT2D eigenvalue weighted by Gasteiger charge is -2.50. The zero-order valence-electron chi connectivity index (χ0n) is 20.0. The molecule has 4 heteroatoms. The lowest BCUT2D eigenvalue weighted by atomic mass is 9.61. The van der Waals surface area contributed by atoms with Crippen LogP contribution in [0.25, 0.3) is 0 Å². The Balaban J connectivity index is 2.09. The van der Waals surface area contributed by atoms with Gasteiger partial charge in [-0.15, -0.1) is 0 Å². The van der Waals surface area contributed by atoms with E-state index in [0.29, 0.717) is 29.3 Å². The van der Waals surface area contributed by atoms with Crippen LogP contribution in [-0.2, 0) is 4.43 Å². The van der Waals surface area contributed by atoms with Gasteiger partial charge in [0.2, 0.25) is 0 Å². The quantitative estimate of drug-likeness (QED) is 0.471. The molecule has 2 rings (SSSR count). The highest BCUT2D eigenvalue weighted by Crippen LogP contribution is 2.59. The molecule has 166 valence electrons. The number of fused-ring (bicyclic) bond motifs is 1. The first kappa shape index (κ1) is 24.4. The lowest BCUT2D eigenvalue weighted by Crippen LogP contribution is -2.50. The van der Waals surface area contributed by atoms with Gasteiger partial charge in [0.1, 0.15) is 0 Å². The van der Waals surface area contributed by atoms with E-state index in [2.05, 4.69) is 40.8 Å². The summed E-state index contributed by atoms with van der Waals surface area (Å²) in [5.41, 5.74) is -0.303. The highest BCUT2D eigenvalue weighted by atomic mass is 28.4. The summed E-state index contributed by atoms with van der Waals surface area (Å²) < 4.78 is 6.95. The molecule has 2 fully saturated rings. The molecule has 5 atom stereocenters. The van der Waals surface area contributed by atoms with Gasteiger partial charge >= 0.3 is 0 Å². The number of hydrogen-bond acceptors (Lipinski definition) is 3. The smallest absolute Gasteiger partial charge is 0.192 e. The fraction of sp³-hybridized carbons (Fsp3) is 1.00. The summed E-state index contributed by atoms with van der Waals surface area (Å²) in [6, 6.07) is 0. The first-order chi connectivity index (χ1) is 12.7. The molecule has 0 aromatic carbocycles. The fourth-order valence-electron chi connectivity index (χ4n) is 5.85. The average molecular weight is 413 g/mol. The molecule has 1 unspecified atom stereocenters. The van der Waals surface area contributed by atoms with E-state index in [1.54, 1.807) is 0 Å². The first-order valence-electron chi connectivity index (χ1n) is 11.7. The Morgan fingerprint density at radius 2 is 1.75 bits per heavy atom. The van der Waals surface area contributed by atoms with E-state index >= 15 is 0 Å². The van der Waals surface area contributed by atoms with Gasteiger partial charge in [-0.1, -0.05) is 40.5 Å². The van der Waals surface area contributed by atoms with Gasteiger partial charge in [-0.25, -0.2) is 0 Å². The molecule has 2 saturated carbocycles. The van der Waals surface area contributed by atoms with Crippen LogP contribution >= 0.6 is 0 Å². The topological polar surface area (TPSA) is 49.7 Å². The minimum Gasteiger partial charge on any atom is -0.414 e. The molecule has 2 aliphatic carbocycles. The second kappa shape index (κ2) is 8.68. The third-order valence-corrected chi connectivity index (χ3v) is 13.1. The maximum absolute atomic E-state index is 10.2. The van der Waals surface area contributed by atoms with Crippen LogP contribution in [0.3, 0.4) is 0 Å². The predicted molar refractivity (Wildman–Crippen MR) is 121 cm³/mol. The van der Waals surface area contributed by atoms with Gasteiger partial charge in [0.15, 0.2) is 8.32 Å². The van der Waals surface area contributed by atoms with Crippen molar-refractivity contribution in [2.24, 2.45) is 23.2 Å². The molecule has 0 radical (unpaired) electrons. The van der Waals surface area contributed by atoms with Gasteiger partial charge < -0.3 is 14.6 Å². The zero-order valence-corrected chi connectivity index (χ0v) is 21.0. The van der Waals surface area contributed by atoms with E-state index in [1.807, 2.05) is 13.8 Å². The average Bonchev–Trinajstić information content (AvgIpc) is 2.87. The second-order valence-electron chi connectivity index (χ2n) is 12.3. The van der Waals surface area contributed by atoms with Gasteiger partial charge in [-0.3, -0.25) is 0 Å².